The van der Waals surface area contributed by atoms with E-state index in [9.17, 15) is 0 Å². The summed E-state index contributed by atoms with van der Waals surface area (Å²) in [6, 6.07) is 74.5. The topological polar surface area (TPSA) is 43.6 Å². The lowest BCUT2D eigenvalue weighted by Crippen LogP contribution is -2.74. The standard InChI is InChI=1S/C51H34N4SSi/c1-5-17-35(18-6-1)49-52-50(36-19-7-2-8-20-36)54-51(53-49)55-45-27-15-13-25-41(45)44-33-39(30-32-46(44)55)57(37-21-9-3-10-22-37,38-23-11-4-12-24-38)40-29-31-43-42-26-14-16-28-47(42)56-48(43)34-40/h1-34H. The van der Waals surface area contributed by atoms with Crippen LogP contribution in [0.4, 0.5) is 0 Å². The summed E-state index contributed by atoms with van der Waals surface area (Å²) >= 11 is 1.88. The Hall–Kier alpha value is -6.99. The lowest BCUT2D eigenvalue weighted by atomic mass is 10.1. The Balaban J connectivity index is 1.20. The largest absolute Gasteiger partial charge is 0.278 e. The first-order valence-corrected chi connectivity index (χ1v) is 22.0. The van der Waals surface area contributed by atoms with Crippen LogP contribution in [0.25, 0.3) is 70.7 Å². The number of rotatable bonds is 7. The lowest BCUT2D eigenvalue weighted by molar-refractivity contribution is 0.953. The summed E-state index contributed by atoms with van der Waals surface area (Å²) in [4.78, 5) is 15.4. The monoisotopic (exact) mass is 762 g/mol. The fourth-order valence-corrected chi connectivity index (χ4v) is 14.7. The van der Waals surface area contributed by atoms with E-state index < -0.39 is 8.07 Å². The molecule has 0 saturated carbocycles. The number of para-hydroxylation sites is 1. The fraction of sp³-hybridized carbons (Fsp3) is 0. The first kappa shape index (κ1) is 33.4. The maximum absolute atomic E-state index is 5.18. The van der Waals surface area contributed by atoms with E-state index in [1.807, 2.05) is 47.7 Å². The molecule has 3 heterocycles. The predicted octanol–water partition coefficient (Wildman–Crippen LogP) is 10.0. The van der Waals surface area contributed by atoms with Gasteiger partial charge in [-0.2, -0.15) is 9.97 Å². The molecular weight excluding hydrogens is 729 g/mol. The van der Waals surface area contributed by atoms with Crippen molar-refractivity contribution in [3.8, 4) is 28.7 Å². The zero-order valence-corrected chi connectivity index (χ0v) is 32.6. The molecule has 0 bridgehead atoms. The van der Waals surface area contributed by atoms with Gasteiger partial charge in [0.2, 0.25) is 5.95 Å². The van der Waals surface area contributed by atoms with Gasteiger partial charge in [-0.1, -0.05) is 182 Å². The predicted molar refractivity (Wildman–Crippen MR) is 242 cm³/mol. The van der Waals surface area contributed by atoms with Crippen LogP contribution >= 0.6 is 11.3 Å². The van der Waals surface area contributed by atoms with E-state index >= 15 is 0 Å². The van der Waals surface area contributed by atoms with Crippen molar-refractivity contribution in [3.05, 3.63) is 206 Å². The summed E-state index contributed by atoms with van der Waals surface area (Å²) in [6.45, 7) is 0. The number of thiophene rings is 1. The molecule has 0 fully saturated rings. The van der Waals surface area contributed by atoms with Gasteiger partial charge in [0.15, 0.2) is 19.7 Å². The van der Waals surface area contributed by atoms with Crippen molar-refractivity contribution in [3.63, 3.8) is 0 Å². The molecule has 0 N–H and O–H groups in total. The minimum Gasteiger partial charge on any atom is -0.278 e. The van der Waals surface area contributed by atoms with Crippen LogP contribution < -0.4 is 20.7 Å². The summed E-state index contributed by atoms with van der Waals surface area (Å²) in [5.74, 6) is 1.86. The second kappa shape index (κ2) is 13.6. The maximum Gasteiger partial charge on any atom is 0.238 e. The molecule has 0 spiro atoms. The minimum absolute atomic E-state index is 0.589. The minimum atomic E-state index is -2.89. The molecule has 8 aromatic carbocycles. The molecule has 4 nitrogen and oxygen atoms in total. The zero-order valence-electron chi connectivity index (χ0n) is 30.8. The smallest absolute Gasteiger partial charge is 0.238 e. The Morgan fingerprint density at radius 1 is 0.351 bits per heavy atom. The second-order valence-electron chi connectivity index (χ2n) is 14.4. The molecule has 0 unspecified atom stereocenters. The van der Waals surface area contributed by atoms with Gasteiger partial charge >= 0.3 is 0 Å². The second-order valence-corrected chi connectivity index (χ2v) is 19.3. The van der Waals surface area contributed by atoms with E-state index in [0.29, 0.717) is 17.6 Å². The lowest BCUT2D eigenvalue weighted by Gasteiger charge is -2.34. The maximum atomic E-state index is 5.18. The highest BCUT2D eigenvalue weighted by molar-refractivity contribution is 7.26. The van der Waals surface area contributed by atoms with E-state index in [4.69, 9.17) is 15.0 Å². The van der Waals surface area contributed by atoms with Crippen LogP contribution in [-0.4, -0.2) is 27.6 Å². The van der Waals surface area contributed by atoms with Crippen molar-refractivity contribution in [2.45, 2.75) is 0 Å². The highest BCUT2D eigenvalue weighted by Gasteiger charge is 2.42. The number of hydrogen-bond acceptors (Lipinski definition) is 4. The van der Waals surface area contributed by atoms with E-state index in [-0.39, 0.29) is 0 Å². The van der Waals surface area contributed by atoms with Crippen LogP contribution in [-0.2, 0) is 0 Å². The van der Waals surface area contributed by atoms with E-state index in [0.717, 1.165) is 32.9 Å². The van der Waals surface area contributed by atoms with Gasteiger partial charge in [-0.3, -0.25) is 4.57 Å². The van der Waals surface area contributed by atoms with E-state index in [1.165, 1.54) is 40.9 Å². The van der Waals surface area contributed by atoms with Crippen LogP contribution in [0, 0.1) is 0 Å². The number of benzene rings is 8. The van der Waals surface area contributed by atoms with Crippen molar-refractivity contribution in [2.24, 2.45) is 0 Å². The molecule has 0 atom stereocenters. The van der Waals surface area contributed by atoms with Crippen LogP contribution in [0.1, 0.15) is 0 Å². The molecule has 6 heteroatoms. The molecule has 3 aromatic heterocycles. The van der Waals surface area contributed by atoms with E-state index in [1.54, 1.807) is 0 Å². The van der Waals surface area contributed by atoms with E-state index in [2.05, 4.69) is 174 Å². The van der Waals surface area contributed by atoms with Gasteiger partial charge < -0.3 is 0 Å². The summed E-state index contributed by atoms with van der Waals surface area (Å²) in [5, 5.41) is 10.3. The number of aromatic nitrogens is 4. The van der Waals surface area contributed by atoms with Gasteiger partial charge in [0, 0.05) is 42.1 Å². The first-order valence-electron chi connectivity index (χ1n) is 19.2. The molecule has 268 valence electrons. The Kier molecular flexibility index (Phi) is 7.98. The molecule has 0 saturated heterocycles. The molecule has 57 heavy (non-hydrogen) atoms. The van der Waals surface area contributed by atoms with Crippen molar-refractivity contribution < 1.29 is 0 Å². The van der Waals surface area contributed by atoms with Crippen LogP contribution in [0.3, 0.4) is 0 Å². The van der Waals surface area contributed by atoms with Gasteiger partial charge in [-0.25, -0.2) is 4.98 Å². The molecule has 0 aliphatic heterocycles. The summed E-state index contributed by atoms with van der Waals surface area (Å²) in [7, 11) is -2.89. The summed E-state index contributed by atoms with van der Waals surface area (Å²) < 4.78 is 4.84. The Morgan fingerprint density at radius 2 is 0.842 bits per heavy atom. The average molecular weight is 763 g/mol. The Morgan fingerprint density at radius 3 is 1.49 bits per heavy atom. The molecule has 0 aliphatic rings. The van der Waals surface area contributed by atoms with Gasteiger partial charge in [-0.15, -0.1) is 11.3 Å². The van der Waals surface area contributed by atoms with Crippen LogP contribution in [0.5, 0.6) is 0 Å². The Labute approximate surface area is 335 Å². The van der Waals surface area contributed by atoms with Crippen molar-refractivity contribution in [1.29, 1.82) is 0 Å². The van der Waals surface area contributed by atoms with Crippen LogP contribution in [0.2, 0.25) is 0 Å². The highest BCUT2D eigenvalue weighted by Crippen LogP contribution is 2.35. The third-order valence-corrected chi connectivity index (χ3v) is 17.1. The normalized spacial score (nSPS) is 11.9. The molecule has 0 amide bonds. The molecule has 11 aromatic rings. The van der Waals surface area contributed by atoms with Gasteiger partial charge in [0.25, 0.3) is 0 Å². The third kappa shape index (κ3) is 5.45. The van der Waals surface area contributed by atoms with Crippen molar-refractivity contribution >= 4 is 82.1 Å². The highest BCUT2D eigenvalue weighted by atomic mass is 32.1. The SMILES string of the molecule is c1ccc(-c2nc(-c3ccccc3)nc(-n3c4ccccc4c4cc([Si](c5ccccc5)(c5ccccc5)c5ccc6c(c5)sc5ccccc56)ccc43)n2)cc1. The first-order chi connectivity index (χ1) is 28.3. The van der Waals surface area contributed by atoms with Crippen LogP contribution in [0.15, 0.2) is 206 Å². The van der Waals surface area contributed by atoms with Crippen molar-refractivity contribution in [1.82, 2.24) is 19.5 Å². The quantitative estimate of drug-likeness (QED) is 0.120. The van der Waals surface area contributed by atoms with Gasteiger partial charge in [0.1, 0.15) is 0 Å². The zero-order chi connectivity index (χ0) is 37.8. The summed E-state index contributed by atoms with van der Waals surface area (Å²) in [5.41, 5.74) is 3.98. The number of nitrogens with zero attached hydrogens (tertiary/aromatic N) is 4. The molecule has 0 radical (unpaired) electrons. The molecule has 0 aliphatic carbocycles. The average Bonchev–Trinajstić information content (AvgIpc) is 3.83. The third-order valence-electron chi connectivity index (χ3n) is 11.2. The molecular formula is C51H34N4SSi. The number of hydrogen-bond donors (Lipinski definition) is 0. The van der Waals surface area contributed by atoms with Gasteiger partial charge in [0.05, 0.1) is 11.0 Å². The number of fused-ring (bicyclic) bond motifs is 6. The van der Waals surface area contributed by atoms with Crippen molar-refractivity contribution in [2.75, 3.05) is 0 Å². The Bertz CT molecular complexity index is 3140. The summed E-state index contributed by atoms with van der Waals surface area (Å²) in [6.07, 6.45) is 0. The molecule has 11 rings (SSSR count). The van der Waals surface area contributed by atoms with Gasteiger partial charge in [-0.05, 0) is 45.0 Å². The fourth-order valence-electron chi connectivity index (χ4n) is 8.65.